The molecule has 0 N–H and O–H groups in total. The number of benzene rings is 3. The standard InChI is InChI=1S/C19H12N.Pt/c1-2-7-15(8-3-1)19-12-18-16(13-20-19)11-10-14-6-4-5-9-17(14)18;/h1-7,9-13H;/q-1;. The van der Waals surface area contributed by atoms with Gasteiger partial charge in [0, 0.05) is 27.3 Å². The van der Waals surface area contributed by atoms with Gasteiger partial charge in [-0.05, 0) is 27.2 Å². The van der Waals surface area contributed by atoms with Crippen LogP contribution >= 0.6 is 0 Å². The molecule has 1 aromatic heterocycles. The normalized spacial score (nSPS) is 10.5. The molecule has 21 heavy (non-hydrogen) atoms. The van der Waals surface area contributed by atoms with Crippen LogP contribution in [0.5, 0.6) is 0 Å². The van der Waals surface area contributed by atoms with Crippen LogP contribution in [0.4, 0.5) is 0 Å². The molecular formula is C19H12NPt-. The van der Waals surface area contributed by atoms with E-state index in [-0.39, 0.29) is 21.1 Å². The van der Waals surface area contributed by atoms with Crippen LogP contribution in [0.15, 0.2) is 72.9 Å². The first kappa shape index (κ1) is 14.0. The zero-order chi connectivity index (χ0) is 13.4. The van der Waals surface area contributed by atoms with Crippen LogP contribution in [-0.2, 0) is 21.1 Å². The fourth-order valence-corrected chi connectivity index (χ4v) is 2.60. The first-order valence-corrected chi connectivity index (χ1v) is 6.66. The molecule has 1 heterocycles. The third kappa shape index (κ3) is 2.50. The van der Waals surface area contributed by atoms with Crippen LogP contribution in [-0.4, -0.2) is 4.98 Å². The van der Waals surface area contributed by atoms with Gasteiger partial charge in [0.2, 0.25) is 0 Å². The Hall–Kier alpha value is -1.98. The number of rotatable bonds is 1. The zero-order valence-corrected chi connectivity index (χ0v) is 13.5. The van der Waals surface area contributed by atoms with Crippen LogP contribution in [0.3, 0.4) is 0 Å². The molecule has 0 atom stereocenters. The first-order valence-electron chi connectivity index (χ1n) is 6.66. The van der Waals surface area contributed by atoms with Crippen molar-refractivity contribution in [1.82, 2.24) is 4.98 Å². The van der Waals surface area contributed by atoms with E-state index in [9.17, 15) is 0 Å². The molecule has 1 nitrogen and oxygen atoms in total. The molecule has 0 unspecified atom stereocenters. The van der Waals surface area contributed by atoms with Gasteiger partial charge in [0.05, 0.1) is 0 Å². The second-order valence-corrected chi connectivity index (χ2v) is 4.85. The fraction of sp³-hybridized carbons (Fsp3) is 0. The van der Waals surface area contributed by atoms with Crippen LogP contribution in [0, 0.1) is 6.07 Å². The molecule has 104 valence electrons. The van der Waals surface area contributed by atoms with Gasteiger partial charge < -0.3 is 4.98 Å². The van der Waals surface area contributed by atoms with Gasteiger partial charge in [-0.15, -0.1) is 35.9 Å². The maximum atomic E-state index is 4.55. The monoisotopic (exact) mass is 449 g/mol. The molecule has 0 aliphatic heterocycles. The van der Waals surface area contributed by atoms with E-state index in [0.29, 0.717) is 0 Å². The molecule has 0 amide bonds. The van der Waals surface area contributed by atoms with E-state index in [4.69, 9.17) is 0 Å². The maximum absolute atomic E-state index is 4.55. The Balaban J connectivity index is 0.00000132. The van der Waals surface area contributed by atoms with Crippen molar-refractivity contribution < 1.29 is 21.1 Å². The first-order chi connectivity index (χ1) is 9.92. The van der Waals surface area contributed by atoms with Crippen LogP contribution in [0.25, 0.3) is 32.8 Å². The second-order valence-electron chi connectivity index (χ2n) is 4.85. The predicted octanol–water partition coefficient (Wildman–Crippen LogP) is 4.85. The fourth-order valence-electron chi connectivity index (χ4n) is 2.60. The van der Waals surface area contributed by atoms with Gasteiger partial charge in [0.15, 0.2) is 0 Å². The molecule has 0 spiro atoms. The number of nitrogens with zero attached hydrogens (tertiary/aromatic N) is 1. The summed E-state index contributed by atoms with van der Waals surface area (Å²) in [6, 6.07) is 26.1. The van der Waals surface area contributed by atoms with E-state index in [2.05, 4.69) is 53.5 Å². The Morgan fingerprint density at radius 2 is 1.57 bits per heavy atom. The predicted molar refractivity (Wildman–Crippen MR) is 83.5 cm³/mol. The summed E-state index contributed by atoms with van der Waals surface area (Å²) in [5.41, 5.74) is 2.00. The third-order valence-electron chi connectivity index (χ3n) is 3.61. The Bertz CT molecular complexity index is 901. The van der Waals surface area contributed by atoms with Crippen LogP contribution in [0.1, 0.15) is 0 Å². The molecule has 2 heteroatoms. The summed E-state index contributed by atoms with van der Waals surface area (Å²) >= 11 is 0. The van der Waals surface area contributed by atoms with E-state index < -0.39 is 0 Å². The Morgan fingerprint density at radius 1 is 0.762 bits per heavy atom. The van der Waals surface area contributed by atoms with E-state index in [0.717, 1.165) is 11.3 Å². The van der Waals surface area contributed by atoms with Crippen molar-refractivity contribution in [3.05, 3.63) is 79.0 Å². The number of aromatic nitrogens is 1. The Labute approximate surface area is 137 Å². The van der Waals surface area contributed by atoms with Crippen molar-refractivity contribution in [2.75, 3.05) is 0 Å². The van der Waals surface area contributed by atoms with E-state index in [1.54, 1.807) is 0 Å². The topological polar surface area (TPSA) is 12.9 Å². The minimum Gasteiger partial charge on any atom is -0.304 e. The number of hydrogen-bond acceptors (Lipinski definition) is 1. The average Bonchev–Trinajstić information content (AvgIpc) is 2.55. The van der Waals surface area contributed by atoms with Gasteiger partial charge in [-0.25, -0.2) is 0 Å². The molecule has 0 saturated heterocycles. The van der Waals surface area contributed by atoms with Gasteiger partial charge in [-0.2, -0.15) is 0 Å². The maximum Gasteiger partial charge on any atom is 0.0239 e. The molecule has 0 bridgehead atoms. The summed E-state index contributed by atoms with van der Waals surface area (Å²) in [7, 11) is 0. The van der Waals surface area contributed by atoms with Crippen LogP contribution < -0.4 is 0 Å². The van der Waals surface area contributed by atoms with Crippen LogP contribution in [0.2, 0.25) is 0 Å². The SMILES string of the molecule is [Pt].[c-]1ccccc1-c1cc2c(ccc3ccccc32)cn1. The van der Waals surface area contributed by atoms with Crippen molar-refractivity contribution in [2.24, 2.45) is 0 Å². The largest absolute Gasteiger partial charge is 0.304 e. The number of fused-ring (bicyclic) bond motifs is 3. The van der Waals surface area contributed by atoms with Gasteiger partial charge in [0.25, 0.3) is 0 Å². The summed E-state index contributed by atoms with van der Waals surface area (Å²) < 4.78 is 0. The molecule has 0 aliphatic carbocycles. The van der Waals surface area contributed by atoms with Gasteiger partial charge >= 0.3 is 0 Å². The summed E-state index contributed by atoms with van der Waals surface area (Å²) in [5, 5.41) is 4.94. The van der Waals surface area contributed by atoms with Crippen molar-refractivity contribution >= 4 is 21.5 Å². The summed E-state index contributed by atoms with van der Waals surface area (Å²) in [6.45, 7) is 0. The molecular weight excluding hydrogens is 437 g/mol. The van der Waals surface area contributed by atoms with E-state index >= 15 is 0 Å². The number of pyridine rings is 1. The van der Waals surface area contributed by atoms with Gasteiger partial charge in [-0.3, -0.25) is 0 Å². The smallest absolute Gasteiger partial charge is 0.0239 e. The number of hydrogen-bond donors (Lipinski definition) is 0. The summed E-state index contributed by atoms with van der Waals surface area (Å²) in [4.78, 5) is 4.55. The minimum absolute atomic E-state index is 0. The Morgan fingerprint density at radius 3 is 2.43 bits per heavy atom. The summed E-state index contributed by atoms with van der Waals surface area (Å²) in [6.07, 6.45) is 1.94. The van der Waals surface area contributed by atoms with Crippen molar-refractivity contribution in [2.45, 2.75) is 0 Å². The quantitative estimate of drug-likeness (QED) is 0.299. The van der Waals surface area contributed by atoms with Crippen molar-refractivity contribution in [3.63, 3.8) is 0 Å². The molecule has 0 radical (unpaired) electrons. The Kier molecular flexibility index (Phi) is 3.85. The second kappa shape index (κ2) is 5.79. The minimum atomic E-state index is 0. The summed E-state index contributed by atoms with van der Waals surface area (Å²) in [5.74, 6) is 0. The molecule has 0 saturated carbocycles. The van der Waals surface area contributed by atoms with E-state index in [1.165, 1.54) is 21.5 Å². The van der Waals surface area contributed by atoms with Crippen molar-refractivity contribution in [3.8, 4) is 11.3 Å². The molecule has 4 aromatic rings. The van der Waals surface area contributed by atoms with E-state index in [1.807, 2.05) is 30.5 Å². The molecule has 3 aromatic carbocycles. The van der Waals surface area contributed by atoms with Crippen molar-refractivity contribution in [1.29, 1.82) is 0 Å². The third-order valence-corrected chi connectivity index (χ3v) is 3.61. The molecule has 0 aliphatic rings. The van der Waals surface area contributed by atoms with Gasteiger partial charge in [0.1, 0.15) is 0 Å². The average molecular weight is 449 g/mol. The zero-order valence-electron chi connectivity index (χ0n) is 11.2. The molecule has 0 fully saturated rings. The van der Waals surface area contributed by atoms with Gasteiger partial charge in [-0.1, -0.05) is 42.5 Å². The molecule has 4 rings (SSSR count).